The van der Waals surface area contributed by atoms with Crippen LogP contribution < -0.4 is 12.4 Å². The van der Waals surface area contributed by atoms with Crippen molar-refractivity contribution in [2.24, 2.45) is 11.8 Å². The highest BCUT2D eigenvalue weighted by Gasteiger charge is 2.48. The SMILES string of the molecule is COCC1OC(CO)C(COCC2OC(COC3OC(COCC(O)C[N+](C)(C)C)C(O)C(O)C3O)C(COC)C(O)C2O)C(O)C1O.[Cl-]. The molecule has 0 aliphatic carbocycles. The van der Waals surface area contributed by atoms with E-state index in [1.165, 1.54) is 14.2 Å². The summed E-state index contributed by atoms with van der Waals surface area (Å²) in [4.78, 5) is 0. The second kappa shape index (κ2) is 20.7. The first-order chi connectivity index (χ1) is 22.6. The Kier molecular flexibility index (Phi) is 18.9. The average Bonchev–Trinajstić information content (AvgIpc) is 3.02. The van der Waals surface area contributed by atoms with Crippen LogP contribution in [0.4, 0.5) is 0 Å². The number of rotatable bonds is 18. The topological polar surface area (TPSA) is 256 Å². The summed E-state index contributed by atoms with van der Waals surface area (Å²) < 4.78 is 45.2. The largest absolute Gasteiger partial charge is 1.00 e. The van der Waals surface area contributed by atoms with Gasteiger partial charge in [0.2, 0.25) is 0 Å². The van der Waals surface area contributed by atoms with Crippen LogP contribution >= 0.6 is 0 Å². The van der Waals surface area contributed by atoms with E-state index in [0.29, 0.717) is 11.0 Å². The number of quaternary nitrogens is 1. The monoisotopic (exact) mass is 739 g/mol. The standard InChI is InChI=1S/C30H58NO17.ClH/c1-31(2,3)6-15(33)8-43-13-22-27(38)28(39)29(40)30(48-22)45-14-19-16(9-41-4)23(34)26(37)21(47-19)12-44-10-17-18(7-32)46-20(11-42-5)25(36)24(17)35;/h15-30,32-40H,6-14H2,1-5H3;1H/q+1;/p-1. The predicted octanol–water partition coefficient (Wildman–Crippen LogP) is -8.59. The van der Waals surface area contributed by atoms with E-state index in [2.05, 4.69) is 0 Å². The lowest BCUT2D eigenvalue weighted by molar-refractivity contribution is -0.873. The Morgan fingerprint density at radius 1 is 0.571 bits per heavy atom. The van der Waals surface area contributed by atoms with Gasteiger partial charge in [-0.25, -0.2) is 0 Å². The molecule has 3 saturated heterocycles. The molecule has 19 heteroatoms. The van der Waals surface area contributed by atoms with Gasteiger partial charge in [0.1, 0.15) is 61.5 Å². The quantitative estimate of drug-likeness (QED) is 0.0592. The summed E-state index contributed by atoms with van der Waals surface area (Å²) in [5.74, 6) is -1.62. The van der Waals surface area contributed by atoms with E-state index in [9.17, 15) is 46.0 Å². The van der Waals surface area contributed by atoms with Crippen LogP contribution in [0.1, 0.15) is 0 Å². The molecular formula is C30H58ClNO17. The number of hydrogen-bond donors (Lipinski definition) is 9. The molecule has 0 spiro atoms. The summed E-state index contributed by atoms with van der Waals surface area (Å²) in [7, 11) is 8.55. The number of aliphatic hydroxyl groups excluding tert-OH is 9. The maximum Gasteiger partial charge on any atom is 0.186 e. The zero-order chi connectivity index (χ0) is 35.8. The highest BCUT2D eigenvalue weighted by Crippen LogP contribution is 2.31. The van der Waals surface area contributed by atoms with Crippen LogP contribution in [-0.4, -0.2) is 231 Å². The van der Waals surface area contributed by atoms with Crippen molar-refractivity contribution in [3.63, 3.8) is 0 Å². The second-order valence-electron chi connectivity index (χ2n) is 13.9. The zero-order valence-electron chi connectivity index (χ0n) is 28.7. The second-order valence-corrected chi connectivity index (χ2v) is 13.9. The third kappa shape index (κ3) is 12.3. The Balaban J connectivity index is 0.00000833. The van der Waals surface area contributed by atoms with Crippen LogP contribution in [0.2, 0.25) is 0 Å². The number of halogens is 1. The summed E-state index contributed by atoms with van der Waals surface area (Å²) in [5, 5.41) is 94.5. The Morgan fingerprint density at radius 2 is 1.08 bits per heavy atom. The fourth-order valence-corrected chi connectivity index (χ4v) is 6.29. The van der Waals surface area contributed by atoms with E-state index in [0.717, 1.165) is 0 Å². The molecule has 0 aromatic rings. The Morgan fingerprint density at radius 3 is 1.65 bits per heavy atom. The fourth-order valence-electron chi connectivity index (χ4n) is 6.29. The molecule has 16 atom stereocenters. The van der Waals surface area contributed by atoms with Gasteiger partial charge in [0, 0.05) is 26.1 Å². The molecule has 0 saturated carbocycles. The molecule has 3 aliphatic heterocycles. The van der Waals surface area contributed by atoms with Crippen molar-refractivity contribution in [1.82, 2.24) is 0 Å². The molecule has 0 radical (unpaired) electrons. The molecule has 3 aliphatic rings. The smallest absolute Gasteiger partial charge is 0.186 e. The number of likely N-dealkylation sites (N-methyl/N-ethyl adjacent to an activating group) is 1. The summed E-state index contributed by atoms with van der Waals surface area (Å²) in [6.45, 7) is -1.08. The summed E-state index contributed by atoms with van der Waals surface area (Å²) >= 11 is 0. The number of aliphatic hydroxyl groups is 9. The van der Waals surface area contributed by atoms with Crippen molar-refractivity contribution < 1.29 is 101 Å². The highest BCUT2D eigenvalue weighted by molar-refractivity contribution is 4.95. The third-order valence-corrected chi connectivity index (χ3v) is 8.90. The molecule has 49 heavy (non-hydrogen) atoms. The van der Waals surface area contributed by atoms with E-state index in [1.807, 2.05) is 21.1 Å². The van der Waals surface area contributed by atoms with Gasteiger partial charge in [-0.15, -0.1) is 0 Å². The summed E-state index contributed by atoms with van der Waals surface area (Å²) in [5.41, 5.74) is 0. The van der Waals surface area contributed by atoms with Gasteiger partial charge in [-0.3, -0.25) is 0 Å². The van der Waals surface area contributed by atoms with Crippen molar-refractivity contribution in [3.8, 4) is 0 Å². The maximum absolute atomic E-state index is 11.0. The first kappa shape index (κ1) is 44.7. The fraction of sp³-hybridized carbons (Fsp3) is 1.00. The number of ether oxygens (including phenoxy) is 8. The van der Waals surface area contributed by atoms with Crippen LogP contribution in [0.3, 0.4) is 0 Å². The normalized spacial score (nSPS) is 40.9. The van der Waals surface area contributed by atoms with Gasteiger partial charge in [0.05, 0.1) is 98.4 Å². The Hall–Kier alpha value is -0.430. The van der Waals surface area contributed by atoms with Gasteiger partial charge in [-0.2, -0.15) is 0 Å². The Labute approximate surface area is 292 Å². The lowest BCUT2D eigenvalue weighted by Crippen LogP contribution is -3.00. The van der Waals surface area contributed by atoms with Crippen LogP contribution in [0.5, 0.6) is 0 Å². The van der Waals surface area contributed by atoms with Crippen molar-refractivity contribution in [1.29, 1.82) is 0 Å². The van der Waals surface area contributed by atoms with Crippen molar-refractivity contribution >= 4 is 0 Å². The van der Waals surface area contributed by atoms with Crippen molar-refractivity contribution in [2.75, 3.05) is 94.8 Å². The maximum atomic E-state index is 11.0. The van der Waals surface area contributed by atoms with E-state index in [4.69, 9.17) is 37.9 Å². The summed E-state index contributed by atoms with van der Waals surface area (Å²) in [6, 6.07) is 0. The highest BCUT2D eigenvalue weighted by atomic mass is 35.5. The van der Waals surface area contributed by atoms with Crippen molar-refractivity contribution in [2.45, 2.75) is 85.6 Å². The number of nitrogens with zero attached hydrogens (tertiary/aromatic N) is 1. The van der Waals surface area contributed by atoms with Gasteiger partial charge in [-0.05, 0) is 0 Å². The molecule has 18 nitrogen and oxygen atoms in total. The van der Waals surface area contributed by atoms with Gasteiger partial charge in [-0.1, -0.05) is 0 Å². The minimum atomic E-state index is -1.65. The van der Waals surface area contributed by atoms with Gasteiger partial charge in [0.15, 0.2) is 6.29 Å². The molecular weight excluding hydrogens is 682 g/mol. The minimum Gasteiger partial charge on any atom is -1.00 e. The van der Waals surface area contributed by atoms with Crippen LogP contribution in [0.25, 0.3) is 0 Å². The van der Waals surface area contributed by atoms with Gasteiger partial charge in [0.25, 0.3) is 0 Å². The van der Waals surface area contributed by atoms with E-state index in [1.54, 1.807) is 0 Å². The lowest BCUT2D eigenvalue weighted by Gasteiger charge is -2.45. The molecule has 16 unspecified atom stereocenters. The molecule has 9 N–H and O–H groups in total. The van der Waals surface area contributed by atoms with Gasteiger partial charge >= 0.3 is 0 Å². The molecule has 0 bridgehead atoms. The van der Waals surface area contributed by atoms with Gasteiger partial charge < -0.3 is 101 Å². The summed E-state index contributed by atoms with van der Waals surface area (Å²) in [6.07, 6.45) is -17.2. The average molecular weight is 740 g/mol. The molecule has 3 rings (SSSR count). The molecule has 3 heterocycles. The molecule has 0 aromatic carbocycles. The van der Waals surface area contributed by atoms with Crippen molar-refractivity contribution in [3.05, 3.63) is 0 Å². The number of methoxy groups -OCH3 is 2. The van der Waals surface area contributed by atoms with E-state index < -0.39 is 104 Å². The van der Waals surface area contributed by atoms with E-state index in [-0.39, 0.29) is 58.7 Å². The lowest BCUT2D eigenvalue weighted by atomic mass is 9.87. The third-order valence-electron chi connectivity index (χ3n) is 8.90. The number of hydrogen-bond acceptors (Lipinski definition) is 17. The predicted molar refractivity (Wildman–Crippen MR) is 162 cm³/mol. The first-order valence-corrected chi connectivity index (χ1v) is 16.2. The van der Waals surface area contributed by atoms with Crippen LogP contribution in [-0.2, 0) is 37.9 Å². The van der Waals surface area contributed by atoms with E-state index >= 15 is 0 Å². The van der Waals surface area contributed by atoms with Crippen LogP contribution in [0, 0.1) is 11.8 Å². The first-order valence-electron chi connectivity index (χ1n) is 16.2. The molecule has 0 aromatic heterocycles. The van der Waals surface area contributed by atoms with Crippen LogP contribution in [0.15, 0.2) is 0 Å². The molecule has 3 fully saturated rings. The minimum absolute atomic E-state index is 0. The Bertz CT molecular complexity index is 920. The molecule has 292 valence electrons. The molecule has 0 amide bonds. The zero-order valence-corrected chi connectivity index (χ0v) is 29.5.